The van der Waals surface area contributed by atoms with E-state index in [4.69, 9.17) is 5.73 Å². The molecule has 110 valence electrons. The summed E-state index contributed by atoms with van der Waals surface area (Å²) in [6, 6.07) is 12.6. The maximum absolute atomic E-state index is 6.06. The van der Waals surface area contributed by atoms with E-state index >= 15 is 0 Å². The van der Waals surface area contributed by atoms with Gasteiger partial charge in [0.1, 0.15) is 0 Å². The molecule has 0 bridgehead atoms. The summed E-state index contributed by atoms with van der Waals surface area (Å²) in [5.41, 5.74) is 7.59. The van der Waals surface area contributed by atoms with E-state index in [0.29, 0.717) is 12.0 Å². The van der Waals surface area contributed by atoms with Crippen LogP contribution < -0.4 is 5.73 Å². The van der Waals surface area contributed by atoms with Gasteiger partial charge in [0, 0.05) is 12.1 Å². The molecule has 3 atom stereocenters. The molecule has 2 heteroatoms. The van der Waals surface area contributed by atoms with Crippen molar-refractivity contribution in [2.24, 2.45) is 11.7 Å². The molecule has 0 saturated heterocycles. The van der Waals surface area contributed by atoms with Gasteiger partial charge < -0.3 is 5.73 Å². The van der Waals surface area contributed by atoms with Crippen molar-refractivity contribution in [3.8, 4) is 0 Å². The lowest BCUT2D eigenvalue weighted by Gasteiger charge is -2.42. The largest absolute Gasteiger partial charge is 0.330 e. The first-order valence-electron chi connectivity index (χ1n) is 8.34. The number of rotatable bonds is 5. The van der Waals surface area contributed by atoms with Gasteiger partial charge in [0.05, 0.1) is 0 Å². The van der Waals surface area contributed by atoms with Gasteiger partial charge in [0.25, 0.3) is 0 Å². The summed E-state index contributed by atoms with van der Waals surface area (Å²) in [6.45, 7) is 4.36. The summed E-state index contributed by atoms with van der Waals surface area (Å²) in [5.74, 6) is 1.44. The van der Waals surface area contributed by atoms with Gasteiger partial charge in [-0.2, -0.15) is 0 Å². The third-order valence-corrected chi connectivity index (χ3v) is 5.34. The van der Waals surface area contributed by atoms with Gasteiger partial charge in [-0.05, 0) is 62.6 Å². The predicted molar refractivity (Wildman–Crippen MR) is 84.8 cm³/mol. The van der Waals surface area contributed by atoms with Crippen molar-refractivity contribution in [2.75, 3.05) is 13.1 Å². The minimum absolute atomic E-state index is 0.704. The highest BCUT2D eigenvalue weighted by Gasteiger charge is 2.39. The molecule has 2 aliphatic carbocycles. The van der Waals surface area contributed by atoms with E-state index in [2.05, 4.69) is 42.2 Å². The summed E-state index contributed by atoms with van der Waals surface area (Å²) >= 11 is 0. The molecule has 0 aromatic heterocycles. The van der Waals surface area contributed by atoms with Crippen molar-refractivity contribution in [3.63, 3.8) is 0 Å². The molecule has 0 heterocycles. The van der Waals surface area contributed by atoms with Crippen LogP contribution in [0, 0.1) is 5.92 Å². The summed E-state index contributed by atoms with van der Waals surface area (Å²) < 4.78 is 0. The SMILES string of the molecule is CCN(C1CC1)C1CC(c2ccccc2)CCC1CN. The number of nitrogens with two attached hydrogens (primary N) is 1. The van der Waals surface area contributed by atoms with Crippen molar-refractivity contribution < 1.29 is 0 Å². The Morgan fingerprint density at radius 2 is 1.85 bits per heavy atom. The van der Waals surface area contributed by atoms with Gasteiger partial charge in [-0.3, -0.25) is 4.90 Å². The highest BCUT2D eigenvalue weighted by atomic mass is 15.2. The number of nitrogens with zero attached hydrogens (tertiary/aromatic N) is 1. The fraction of sp³-hybridized carbons (Fsp3) is 0.667. The van der Waals surface area contributed by atoms with Crippen LogP contribution >= 0.6 is 0 Å². The molecule has 0 amide bonds. The van der Waals surface area contributed by atoms with Crippen LogP contribution in [0.3, 0.4) is 0 Å². The molecule has 2 saturated carbocycles. The maximum atomic E-state index is 6.06. The molecule has 2 aliphatic rings. The zero-order valence-corrected chi connectivity index (χ0v) is 12.7. The lowest BCUT2D eigenvalue weighted by Crippen LogP contribution is -2.47. The van der Waals surface area contributed by atoms with Crippen molar-refractivity contribution in [2.45, 2.75) is 57.0 Å². The van der Waals surface area contributed by atoms with Crippen LogP contribution in [0.1, 0.15) is 50.5 Å². The Balaban J connectivity index is 1.75. The van der Waals surface area contributed by atoms with Crippen molar-refractivity contribution in [1.82, 2.24) is 4.90 Å². The third kappa shape index (κ3) is 2.91. The van der Waals surface area contributed by atoms with Gasteiger partial charge in [0.2, 0.25) is 0 Å². The lowest BCUT2D eigenvalue weighted by atomic mass is 9.74. The highest BCUT2D eigenvalue weighted by molar-refractivity contribution is 5.20. The quantitative estimate of drug-likeness (QED) is 0.890. The number of benzene rings is 1. The first-order chi connectivity index (χ1) is 9.83. The molecule has 0 spiro atoms. The molecule has 3 rings (SSSR count). The van der Waals surface area contributed by atoms with Crippen LogP contribution in [0.2, 0.25) is 0 Å². The average Bonchev–Trinajstić information content (AvgIpc) is 3.34. The second kappa shape index (κ2) is 6.28. The molecule has 3 unspecified atom stereocenters. The van der Waals surface area contributed by atoms with E-state index in [1.54, 1.807) is 0 Å². The minimum atomic E-state index is 0.704. The van der Waals surface area contributed by atoms with Gasteiger partial charge in [-0.25, -0.2) is 0 Å². The first-order valence-corrected chi connectivity index (χ1v) is 8.34. The molecule has 1 aromatic rings. The summed E-state index contributed by atoms with van der Waals surface area (Å²) in [7, 11) is 0. The van der Waals surface area contributed by atoms with Crippen molar-refractivity contribution >= 4 is 0 Å². The van der Waals surface area contributed by atoms with E-state index in [1.807, 2.05) is 0 Å². The molecule has 2 N–H and O–H groups in total. The van der Waals surface area contributed by atoms with Gasteiger partial charge in [-0.15, -0.1) is 0 Å². The zero-order valence-electron chi connectivity index (χ0n) is 12.7. The molecular formula is C18H28N2. The monoisotopic (exact) mass is 272 g/mol. The van der Waals surface area contributed by atoms with E-state index in [0.717, 1.165) is 18.5 Å². The summed E-state index contributed by atoms with van der Waals surface area (Å²) in [6.07, 6.45) is 6.71. The number of hydrogen-bond acceptors (Lipinski definition) is 2. The van der Waals surface area contributed by atoms with Crippen LogP contribution in [0.4, 0.5) is 0 Å². The third-order valence-electron chi connectivity index (χ3n) is 5.34. The Kier molecular flexibility index (Phi) is 4.42. The Bertz CT molecular complexity index is 413. The average molecular weight is 272 g/mol. The van der Waals surface area contributed by atoms with Crippen LogP contribution in [-0.2, 0) is 0 Å². The topological polar surface area (TPSA) is 29.3 Å². The Hall–Kier alpha value is -0.860. The van der Waals surface area contributed by atoms with E-state index < -0.39 is 0 Å². The van der Waals surface area contributed by atoms with Crippen LogP contribution in [0.15, 0.2) is 30.3 Å². The van der Waals surface area contributed by atoms with Gasteiger partial charge >= 0.3 is 0 Å². The zero-order chi connectivity index (χ0) is 13.9. The van der Waals surface area contributed by atoms with E-state index in [-0.39, 0.29) is 0 Å². The molecular weight excluding hydrogens is 244 g/mol. The van der Waals surface area contributed by atoms with Crippen LogP contribution in [-0.4, -0.2) is 30.1 Å². The van der Waals surface area contributed by atoms with E-state index in [1.165, 1.54) is 44.2 Å². The smallest absolute Gasteiger partial charge is 0.0144 e. The first kappa shape index (κ1) is 14.1. The molecule has 2 fully saturated rings. The lowest BCUT2D eigenvalue weighted by molar-refractivity contribution is 0.0954. The van der Waals surface area contributed by atoms with Crippen LogP contribution in [0.25, 0.3) is 0 Å². The Morgan fingerprint density at radius 1 is 1.10 bits per heavy atom. The molecule has 0 radical (unpaired) electrons. The van der Waals surface area contributed by atoms with E-state index in [9.17, 15) is 0 Å². The standard InChI is InChI=1S/C18H28N2/c1-2-20(17-10-11-17)18-12-15(8-9-16(18)13-19)14-6-4-3-5-7-14/h3-7,15-18H,2,8-13,19H2,1H3. The van der Waals surface area contributed by atoms with Gasteiger partial charge in [-0.1, -0.05) is 37.3 Å². The molecule has 20 heavy (non-hydrogen) atoms. The fourth-order valence-corrected chi connectivity index (χ4v) is 4.09. The number of hydrogen-bond donors (Lipinski definition) is 1. The molecule has 1 aromatic carbocycles. The van der Waals surface area contributed by atoms with Crippen molar-refractivity contribution in [1.29, 1.82) is 0 Å². The predicted octanol–water partition coefficient (Wildman–Crippen LogP) is 3.38. The van der Waals surface area contributed by atoms with Crippen LogP contribution in [0.5, 0.6) is 0 Å². The highest BCUT2D eigenvalue weighted by Crippen LogP contribution is 2.41. The second-order valence-electron chi connectivity index (χ2n) is 6.55. The van der Waals surface area contributed by atoms with Gasteiger partial charge in [0.15, 0.2) is 0 Å². The second-order valence-corrected chi connectivity index (χ2v) is 6.55. The summed E-state index contributed by atoms with van der Waals surface area (Å²) in [4.78, 5) is 2.76. The minimum Gasteiger partial charge on any atom is -0.330 e. The molecule has 0 aliphatic heterocycles. The van der Waals surface area contributed by atoms with Crippen molar-refractivity contribution in [3.05, 3.63) is 35.9 Å². The fourth-order valence-electron chi connectivity index (χ4n) is 4.09. The Morgan fingerprint density at radius 3 is 2.45 bits per heavy atom. The molecule has 2 nitrogen and oxygen atoms in total. The summed E-state index contributed by atoms with van der Waals surface area (Å²) in [5, 5.41) is 0. The normalized spacial score (nSPS) is 30.6. The maximum Gasteiger partial charge on any atom is 0.0144 e. The Labute approximate surface area is 123 Å².